The molecule has 1 aromatic heterocycles. The zero-order valence-electron chi connectivity index (χ0n) is 11.4. The second-order valence-electron chi connectivity index (χ2n) is 4.60. The van der Waals surface area contributed by atoms with E-state index in [2.05, 4.69) is 9.72 Å². The fourth-order valence-electron chi connectivity index (χ4n) is 2.23. The number of aromatic nitrogens is 1. The molecular weight excluding hydrogens is 286 g/mol. The van der Waals surface area contributed by atoms with Crippen LogP contribution in [-0.4, -0.2) is 39.3 Å². The molecule has 0 N–H and O–H groups in total. The molecule has 2 rings (SSSR count). The van der Waals surface area contributed by atoms with Crippen LogP contribution in [-0.2, 0) is 25.9 Å². The summed E-state index contributed by atoms with van der Waals surface area (Å²) < 4.78 is 39.0. The molecule has 112 valence electrons. The van der Waals surface area contributed by atoms with Crippen molar-refractivity contribution in [3.05, 3.63) is 17.3 Å². The van der Waals surface area contributed by atoms with Crippen LogP contribution in [0.25, 0.3) is 0 Å². The van der Waals surface area contributed by atoms with Crippen LogP contribution >= 0.6 is 0 Å². The molecule has 20 heavy (non-hydrogen) atoms. The van der Waals surface area contributed by atoms with E-state index in [0.29, 0.717) is 12.8 Å². The molecule has 1 aliphatic heterocycles. The van der Waals surface area contributed by atoms with Crippen LogP contribution in [0.2, 0.25) is 0 Å². The number of nitrogens with zero attached hydrogens (tertiary/aromatic N) is 1. The molecule has 1 saturated heterocycles. The average molecular weight is 303 g/mol. The molecular formula is C12H17NO6S. The lowest BCUT2D eigenvalue weighted by atomic mass is 10.2. The van der Waals surface area contributed by atoms with Gasteiger partial charge in [0, 0.05) is 7.11 Å². The molecule has 8 heteroatoms. The Morgan fingerprint density at radius 1 is 1.40 bits per heavy atom. The van der Waals surface area contributed by atoms with Gasteiger partial charge in [-0.2, -0.15) is 0 Å². The summed E-state index contributed by atoms with van der Waals surface area (Å²) in [7, 11) is -0.605. The molecule has 0 radical (unpaired) electrons. The van der Waals surface area contributed by atoms with E-state index in [0.717, 1.165) is 6.42 Å². The lowest BCUT2D eigenvalue weighted by Crippen LogP contribution is -2.21. The van der Waals surface area contributed by atoms with Crippen molar-refractivity contribution >= 4 is 15.8 Å². The molecule has 1 aliphatic rings. The minimum atomic E-state index is -3.28. The lowest BCUT2D eigenvalue weighted by molar-refractivity contribution is 0.0556. The highest BCUT2D eigenvalue weighted by molar-refractivity contribution is 7.91. The third kappa shape index (κ3) is 2.85. The molecule has 1 unspecified atom stereocenters. The van der Waals surface area contributed by atoms with Gasteiger partial charge in [0.15, 0.2) is 9.84 Å². The number of oxazole rings is 1. The Morgan fingerprint density at radius 3 is 2.75 bits per heavy atom. The van der Waals surface area contributed by atoms with Crippen molar-refractivity contribution in [2.75, 3.05) is 20.0 Å². The van der Waals surface area contributed by atoms with Crippen LogP contribution in [0.15, 0.2) is 4.42 Å². The van der Waals surface area contributed by atoms with Gasteiger partial charge in [-0.15, -0.1) is 0 Å². The Hall–Kier alpha value is -1.41. The lowest BCUT2D eigenvalue weighted by Gasteiger charge is -2.19. The number of methoxy groups -OCH3 is 2. The normalized spacial score (nSPS) is 21.6. The van der Waals surface area contributed by atoms with Crippen molar-refractivity contribution < 1.29 is 27.1 Å². The predicted octanol–water partition coefficient (Wildman–Crippen LogP) is 1.25. The van der Waals surface area contributed by atoms with Crippen LogP contribution in [0.1, 0.15) is 46.7 Å². The zero-order chi connectivity index (χ0) is 14.8. The molecule has 0 bridgehead atoms. The van der Waals surface area contributed by atoms with Gasteiger partial charge in [-0.25, -0.2) is 18.2 Å². The second-order valence-corrected chi connectivity index (χ2v) is 6.91. The van der Waals surface area contributed by atoms with Gasteiger partial charge in [-0.1, -0.05) is 6.42 Å². The largest absolute Gasteiger partial charge is 0.463 e. The minimum Gasteiger partial charge on any atom is -0.463 e. The summed E-state index contributed by atoms with van der Waals surface area (Å²) in [5.41, 5.74) is 0.259. The number of carbonyl (C=O) groups is 1. The van der Waals surface area contributed by atoms with Crippen molar-refractivity contribution in [3.63, 3.8) is 0 Å². The van der Waals surface area contributed by atoms with E-state index in [9.17, 15) is 13.2 Å². The van der Waals surface area contributed by atoms with E-state index in [-0.39, 0.29) is 29.7 Å². The van der Waals surface area contributed by atoms with E-state index >= 15 is 0 Å². The highest BCUT2D eigenvalue weighted by Gasteiger charge is 2.36. The zero-order valence-corrected chi connectivity index (χ0v) is 12.2. The van der Waals surface area contributed by atoms with Gasteiger partial charge in [0.05, 0.1) is 19.5 Å². The van der Waals surface area contributed by atoms with Crippen molar-refractivity contribution in [2.24, 2.45) is 0 Å². The van der Waals surface area contributed by atoms with Crippen molar-refractivity contribution in [1.82, 2.24) is 4.98 Å². The first-order chi connectivity index (χ1) is 9.49. The summed E-state index contributed by atoms with van der Waals surface area (Å²) in [5, 5.41) is -0.787. The van der Waals surface area contributed by atoms with Crippen LogP contribution in [0.3, 0.4) is 0 Å². The van der Waals surface area contributed by atoms with Crippen molar-refractivity contribution in [3.8, 4) is 0 Å². The van der Waals surface area contributed by atoms with Gasteiger partial charge < -0.3 is 13.9 Å². The topological polar surface area (TPSA) is 95.7 Å². The van der Waals surface area contributed by atoms with Gasteiger partial charge in [-0.05, 0) is 12.8 Å². The summed E-state index contributed by atoms with van der Waals surface area (Å²) in [6.45, 7) is 0.0563. The van der Waals surface area contributed by atoms with E-state index in [4.69, 9.17) is 9.15 Å². The first-order valence-corrected chi connectivity index (χ1v) is 7.99. The van der Waals surface area contributed by atoms with E-state index < -0.39 is 21.1 Å². The highest BCUT2D eigenvalue weighted by atomic mass is 32.2. The van der Waals surface area contributed by atoms with E-state index in [1.54, 1.807) is 0 Å². The standard InChI is InChI=1S/C12H17NO6S/c1-17-7-8-10(12(14)18-2)19-11(13-8)9-5-3-4-6-20(9,15)16/h9H,3-7H2,1-2H3. The summed E-state index contributed by atoms with van der Waals surface area (Å²) >= 11 is 0. The van der Waals surface area contributed by atoms with Crippen LogP contribution < -0.4 is 0 Å². The van der Waals surface area contributed by atoms with Crippen LogP contribution in [0.4, 0.5) is 0 Å². The van der Waals surface area contributed by atoms with E-state index in [1.807, 2.05) is 0 Å². The molecule has 2 heterocycles. The maximum atomic E-state index is 12.1. The molecule has 7 nitrogen and oxygen atoms in total. The molecule has 0 saturated carbocycles. The summed E-state index contributed by atoms with van der Waals surface area (Å²) in [4.78, 5) is 15.7. The maximum Gasteiger partial charge on any atom is 0.376 e. The van der Waals surface area contributed by atoms with Crippen LogP contribution in [0, 0.1) is 0 Å². The Balaban J connectivity index is 2.39. The highest BCUT2D eigenvalue weighted by Crippen LogP contribution is 2.34. The smallest absolute Gasteiger partial charge is 0.376 e. The fourth-order valence-corrected chi connectivity index (χ4v) is 4.05. The molecule has 1 aromatic rings. The third-order valence-corrected chi connectivity index (χ3v) is 5.38. The van der Waals surface area contributed by atoms with Gasteiger partial charge in [0.1, 0.15) is 10.9 Å². The van der Waals surface area contributed by atoms with Crippen LogP contribution in [0.5, 0.6) is 0 Å². The maximum absolute atomic E-state index is 12.1. The second kappa shape index (κ2) is 5.92. The van der Waals surface area contributed by atoms with Crippen molar-refractivity contribution in [2.45, 2.75) is 31.1 Å². The fraction of sp³-hybridized carbons (Fsp3) is 0.667. The number of ether oxygens (including phenoxy) is 2. The van der Waals surface area contributed by atoms with Crippen molar-refractivity contribution in [1.29, 1.82) is 0 Å². The van der Waals surface area contributed by atoms with E-state index in [1.165, 1.54) is 14.2 Å². The Bertz CT molecular complexity index is 591. The number of rotatable bonds is 4. The monoisotopic (exact) mass is 303 g/mol. The minimum absolute atomic E-state index is 0.0529. The Morgan fingerprint density at radius 2 is 2.15 bits per heavy atom. The summed E-state index contributed by atoms with van der Waals surface area (Å²) in [6, 6.07) is 0. The van der Waals surface area contributed by atoms with Gasteiger partial charge in [0.2, 0.25) is 11.7 Å². The van der Waals surface area contributed by atoms with Gasteiger partial charge in [-0.3, -0.25) is 0 Å². The molecule has 0 spiro atoms. The van der Waals surface area contributed by atoms with Gasteiger partial charge in [0.25, 0.3) is 0 Å². The molecule has 0 amide bonds. The summed E-state index contributed by atoms with van der Waals surface area (Å²) in [5.74, 6) is -0.612. The predicted molar refractivity (Wildman–Crippen MR) is 68.9 cm³/mol. The number of carbonyl (C=O) groups excluding carboxylic acids is 1. The Labute approximate surface area is 117 Å². The number of sulfone groups is 1. The quantitative estimate of drug-likeness (QED) is 0.772. The third-order valence-electron chi connectivity index (χ3n) is 3.22. The SMILES string of the molecule is COCc1nc(C2CCCCS2(=O)=O)oc1C(=O)OC. The Kier molecular flexibility index (Phi) is 4.44. The number of hydrogen-bond donors (Lipinski definition) is 0. The van der Waals surface area contributed by atoms with Gasteiger partial charge >= 0.3 is 5.97 Å². The first-order valence-electron chi connectivity index (χ1n) is 6.28. The molecule has 1 fully saturated rings. The number of hydrogen-bond acceptors (Lipinski definition) is 7. The molecule has 1 atom stereocenters. The summed E-state index contributed by atoms with van der Waals surface area (Å²) in [6.07, 6.45) is 1.89. The number of esters is 1. The first kappa shape index (κ1) is 15.0. The molecule has 0 aromatic carbocycles. The molecule has 0 aliphatic carbocycles. The average Bonchev–Trinajstić information content (AvgIpc) is 2.81.